The van der Waals surface area contributed by atoms with Gasteiger partial charge in [0.05, 0.1) is 11.1 Å². The molecule has 0 aliphatic carbocycles. The van der Waals surface area contributed by atoms with Gasteiger partial charge in [0.15, 0.2) is 10.8 Å². The highest BCUT2D eigenvalue weighted by molar-refractivity contribution is 7.80. The molecule has 2 N–H and O–H groups in total. The van der Waals surface area contributed by atoms with E-state index >= 15 is 0 Å². The van der Waals surface area contributed by atoms with Crippen LogP contribution in [0.15, 0.2) is 60.7 Å². The number of hydrogen-bond acceptors (Lipinski definition) is 3. The van der Waals surface area contributed by atoms with Gasteiger partial charge in [-0.05, 0) is 80.2 Å². The van der Waals surface area contributed by atoms with Gasteiger partial charge in [-0.2, -0.15) is 0 Å². The van der Waals surface area contributed by atoms with Crippen LogP contribution in [-0.2, 0) is 4.79 Å². The lowest BCUT2D eigenvalue weighted by Gasteiger charge is -2.56. The Morgan fingerprint density at radius 3 is 2.53 bits per heavy atom. The lowest BCUT2D eigenvalue weighted by atomic mass is 9.78. The number of fused-ring (bicyclic) bond motifs is 4. The zero-order valence-corrected chi connectivity index (χ0v) is 21.3. The van der Waals surface area contributed by atoms with E-state index in [0.717, 1.165) is 11.3 Å². The van der Waals surface area contributed by atoms with Crippen LogP contribution in [-0.4, -0.2) is 16.7 Å². The van der Waals surface area contributed by atoms with Crippen molar-refractivity contribution in [3.05, 3.63) is 86.9 Å². The Morgan fingerprint density at radius 1 is 1.09 bits per heavy atom. The topological polar surface area (TPSA) is 53.6 Å². The number of carbonyl (C=O) groups excluding carboxylic acids is 1. The fraction of sp³-hybridized carbons (Fsp3) is 0.200. The van der Waals surface area contributed by atoms with E-state index in [4.69, 9.17) is 51.8 Å². The second-order valence-electron chi connectivity index (χ2n) is 8.54. The van der Waals surface area contributed by atoms with Crippen LogP contribution >= 0.6 is 47.0 Å². The summed E-state index contributed by atoms with van der Waals surface area (Å²) in [7, 11) is 0. The molecule has 174 valence electrons. The molecule has 2 aliphatic rings. The van der Waals surface area contributed by atoms with E-state index in [1.54, 1.807) is 36.4 Å². The number of amides is 1. The van der Waals surface area contributed by atoms with Crippen molar-refractivity contribution in [3.63, 3.8) is 0 Å². The average Bonchev–Trinajstić information content (AvgIpc) is 2.76. The first-order chi connectivity index (χ1) is 16.2. The zero-order valence-electron chi connectivity index (χ0n) is 18.2. The highest BCUT2D eigenvalue weighted by Gasteiger charge is 2.59. The average molecular weight is 533 g/mol. The molecule has 1 fully saturated rings. The standard InChI is InChI=1S/C25H20Cl3N3O2S/c1-13-4-3-5-17(10-13)31-24(34)30-21-18-11-15(27)12-19(28)22(18)33-25(31,2)20(21)23(32)29-16-8-6-14(26)7-9-16/h3-12,20-21H,1-2H3,(H,29,32)(H,30,34). The van der Waals surface area contributed by atoms with E-state index < -0.39 is 17.7 Å². The molecular weight excluding hydrogens is 513 g/mol. The van der Waals surface area contributed by atoms with Crippen molar-refractivity contribution in [2.45, 2.75) is 25.6 Å². The molecule has 1 saturated heterocycles. The molecule has 5 nitrogen and oxygen atoms in total. The van der Waals surface area contributed by atoms with Crippen LogP contribution in [0.3, 0.4) is 0 Å². The molecule has 2 bridgehead atoms. The van der Waals surface area contributed by atoms with Crippen molar-refractivity contribution in [1.82, 2.24) is 5.32 Å². The Morgan fingerprint density at radius 2 is 1.82 bits per heavy atom. The number of nitrogens with zero attached hydrogens (tertiary/aromatic N) is 1. The van der Waals surface area contributed by atoms with Crippen LogP contribution in [0.4, 0.5) is 11.4 Å². The highest BCUT2D eigenvalue weighted by Crippen LogP contribution is 2.52. The number of anilines is 2. The number of carbonyl (C=O) groups is 1. The van der Waals surface area contributed by atoms with Gasteiger partial charge in [-0.3, -0.25) is 9.69 Å². The van der Waals surface area contributed by atoms with E-state index in [1.165, 1.54) is 0 Å². The highest BCUT2D eigenvalue weighted by atomic mass is 35.5. The third kappa shape index (κ3) is 3.89. The quantitative estimate of drug-likeness (QED) is 0.365. The van der Waals surface area contributed by atoms with Gasteiger partial charge < -0.3 is 15.4 Å². The largest absolute Gasteiger partial charge is 0.465 e. The first-order valence-corrected chi connectivity index (χ1v) is 12.1. The molecule has 3 aromatic rings. The molecule has 2 heterocycles. The molecule has 0 saturated carbocycles. The summed E-state index contributed by atoms with van der Waals surface area (Å²) in [5.41, 5.74) is 1.97. The van der Waals surface area contributed by atoms with Crippen LogP contribution in [0.25, 0.3) is 0 Å². The van der Waals surface area contributed by atoms with Crippen molar-refractivity contribution in [3.8, 4) is 5.75 Å². The monoisotopic (exact) mass is 531 g/mol. The van der Waals surface area contributed by atoms with E-state index in [-0.39, 0.29) is 5.91 Å². The summed E-state index contributed by atoms with van der Waals surface area (Å²) in [6.07, 6.45) is 0. The van der Waals surface area contributed by atoms with Crippen LogP contribution in [0.5, 0.6) is 5.75 Å². The smallest absolute Gasteiger partial charge is 0.236 e. The Balaban J connectivity index is 1.65. The van der Waals surface area contributed by atoms with Gasteiger partial charge in [-0.25, -0.2) is 0 Å². The second kappa shape index (κ2) is 8.61. The van der Waals surface area contributed by atoms with E-state index in [9.17, 15) is 4.79 Å². The molecule has 1 amide bonds. The summed E-state index contributed by atoms with van der Waals surface area (Å²) in [6, 6.07) is 17.7. The van der Waals surface area contributed by atoms with Gasteiger partial charge in [-0.1, -0.05) is 46.9 Å². The molecule has 34 heavy (non-hydrogen) atoms. The summed E-state index contributed by atoms with van der Waals surface area (Å²) in [5, 5.41) is 8.19. The molecule has 3 atom stereocenters. The van der Waals surface area contributed by atoms with E-state index in [1.807, 2.05) is 43.0 Å². The maximum atomic E-state index is 13.8. The third-order valence-corrected chi connectivity index (χ3v) is 7.22. The van der Waals surface area contributed by atoms with Crippen molar-refractivity contribution in [2.75, 3.05) is 10.2 Å². The molecule has 3 unspecified atom stereocenters. The molecule has 0 radical (unpaired) electrons. The molecule has 3 aromatic carbocycles. The Kier molecular flexibility index (Phi) is 5.89. The molecule has 5 rings (SSSR count). The first-order valence-electron chi connectivity index (χ1n) is 10.6. The van der Waals surface area contributed by atoms with Gasteiger partial charge in [0.2, 0.25) is 5.91 Å². The summed E-state index contributed by atoms with van der Waals surface area (Å²) in [5.74, 6) is -0.483. The summed E-state index contributed by atoms with van der Waals surface area (Å²) < 4.78 is 6.57. The number of hydrogen-bond donors (Lipinski definition) is 2. The number of thiocarbonyl (C=S) groups is 1. The lowest BCUT2D eigenvalue weighted by Crippen LogP contribution is -2.72. The minimum Gasteiger partial charge on any atom is -0.465 e. The summed E-state index contributed by atoms with van der Waals surface area (Å²) in [6.45, 7) is 3.85. The normalized spacial score (nSPS) is 23.0. The Hall–Kier alpha value is -2.51. The van der Waals surface area contributed by atoms with Crippen LogP contribution in [0, 0.1) is 12.8 Å². The number of ether oxygens (including phenoxy) is 1. The minimum atomic E-state index is -1.18. The predicted molar refractivity (Wildman–Crippen MR) is 141 cm³/mol. The lowest BCUT2D eigenvalue weighted by molar-refractivity contribution is -0.130. The maximum absolute atomic E-state index is 13.8. The SMILES string of the molecule is Cc1cccc(N2C(=S)NC3c4cc(Cl)cc(Cl)c4OC2(C)C3C(=O)Nc2ccc(Cl)cc2)c1. The number of halogens is 3. The maximum Gasteiger partial charge on any atom is 0.236 e. The van der Waals surface area contributed by atoms with Gasteiger partial charge in [0.1, 0.15) is 11.7 Å². The molecule has 9 heteroatoms. The number of nitrogens with one attached hydrogen (secondary N) is 2. The van der Waals surface area contributed by atoms with Gasteiger partial charge in [0.25, 0.3) is 0 Å². The van der Waals surface area contributed by atoms with Crippen molar-refractivity contribution in [1.29, 1.82) is 0 Å². The molecule has 2 aliphatic heterocycles. The van der Waals surface area contributed by atoms with Gasteiger partial charge in [-0.15, -0.1) is 0 Å². The number of benzene rings is 3. The molecular formula is C25H20Cl3N3O2S. The van der Waals surface area contributed by atoms with Crippen molar-refractivity contribution < 1.29 is 9.53 Å². The van der Waals surface area contributed by atoms with Crippen molar-refractivity contribution >= 4 is 69.4 Å². The summed E-state index contributed by atoms with van der Waals surface area (Å²) >= 11 is 24.7. The molecule has 0 aromatic heterocycles. The van der Waals surface area contributed by atoms with Crippen LogP contribution in [0.1, 0.15) is 24.1 Å². The molecule has 0 spiro atoms. The predicted octanol–water partition coefficient (Wildman–Crippen LogP) is 6.75. The number of aryl methyl sites for hydroxylation is 1. The van der Waals surface area contributed by atoms with E-state index in [0.29, 0.717) is 37.2 Å². The minimum absolute atomic E-state index is 0.246. The summed E-state index contributed by atoms with van der Waals surface area (Å²) in [4.78, 5) is 15.6. The third-order valence-electron chi connectivity index (χ3n) is 6.17. The van der Waals surface area contributed by atoms with Gasteiger partial charge >= 0.3 is 0 Å². The fourth-order valence-corrected chi connectivity index (χ4v) is 5.80. The number of rotatable bonds is 3. The first kappa shape index (κ1) is 23.2. The Bertz CT molecular complexity index is 1320. The second-order valence-corrected chi connectivity index (χ2v) is 10.2. The van der Waals surface area contributed by atoms with Crippen LogP contribution < -0.4 is 20.3 Å². The van der Waals surface area contributed by atoms with Crippen LogP contribution in [0.2, 0.25) is 15.1 Å². The van der Waals surface area contributed by atoms with E-state index in [2.05, 4.69) is 10.6 Å². The zero-order chi connectivity index (χ0) is 24.2. The fourth-order valence-electron chi connectivity index (χ4n) is 4.71. The Labute approximate surface area is 217 Å². The van der Waals surface area contributed by atoms with Gasteiger partial charge in [0, 0.05) is 27.0 Å². The van der Waals surface area contributed by atoms with Crippen molar-refractivity contribution in [2.24, 2.45) is 5.92 Å².